The Hall–Kier alpha value is -2.95. The highest BCUT2D eigenvalue weighted by Crippen LogP contribution is 2.31. The zero-order chi connectivity index (χ0) is 17.6. The Morgan fingerprint density at radius 3 is 2.04 bits per heavy atom. The molecule has 5 nitrogen and oxygen atoms in total. The lowest BCUT2D eigenvalue weighted by atomic mass is 9.87. The fraction of sp³-hybridized carbons (Fsp3) is 0.211. The minimum Gasteiger partial charge on any atom is -0.478 e. The van der Waals surface area contributed by atoms with Crippen LogP contribution in [0.15, 0.2) is 42.5 Å². The number of hydrogen-bond donors (Lipinski definition) is 1. The highest BCUT2D eigenvalue weighted by Gasteiger charge is 2.37. The summed E-state index contributed by atoms with van der Waals surface area (Å²) in [6.45, 7) is 6.24. The van der Waals surface area contributed by atoms with E-state index in [4.69, 9.17) is 5.11 Å². The highest BCUT2D eigenvalue weighted by atomic mass is 16.4. The molecule has 1 heterocycles. The van der Waals surface area contributed by atoms with Crippen LogP contribution in [-0.2, 0) is 5.41 Å². The lowest BCUT2D eigenvalue weighted by molar-refractivity contribution is 0.0696. The predicted octanol–water partition coefficient (Wildman–Crippen LogP) is 3.48. The molecule has 0 bridgehead atoms. The second kappa shape index (κ2) is 5.30. The van der Waals surface area contributed by atoms with Gasteiger partial charge in [0.05, 0.1) is 22.4 Å². The SMILES string of the molecule is CC(C)(C)c1ccc(N2C(=O)c3ccc(C(=O)O)cc3C2=O)cc1. The van der Waals surface area contributed by atoms with Crippen molar-refractivity contribution in [3.8, 4) is 0 Å². The molecule has 1 aliphatic heterocycles. The Balaban J connectivity index is 2.00. The van der Waals surface area contributed by atoms with Crippen LogP contribution in [0.25, 0.3) is 0 Å². The molecule has 122 valence electrons. The summed E-state index contributed by atoms with van der Waals surface area (Å²) < 4.78 is 0. The Bertz CT molecular complexity index is 860. The molecule has 0 fully saturated rings. The van der Waals surface area contributed by atoms with Gasteiger partial charge in [-0.05, 0) is 41.3 Å². The molecule has 0 aromatic heterocycles. The summed E-state index contributed by atoms with van der Waals surface area (Å²) in [7, 11) is 0. The van der Waals surface area contributed by atoms with Gasteiger partial charge in [0.15, 0.2) is 0 Å². The van der Waals surface area contributed by atoms with Gasteiger partial charge in [0.1, 0.15) is 0 Å². The number of nitrogens with zero attached hydrogens (tertiary/aromatic N) is 1. The second-order valence-corrected chi connectivity index (χ2v) is 6.81. The summed E-state index contributed by atoms with van der Waals surface area (Å²) >= 11 is 0. The first-order valence-corrected chi connectivity index (χ1v) is 7.57. The van der Waals surface area contributed by atoms with Crippen LogP contribution in [0.4, 0.5) is 5.69 Å². The van der Waals surface area contributed by atoms with Gasteiger partial charge >= 0.3 is 5.97 Å². The topological polar surface area (TPSA) is 74.7 Å². The maximum absolute atomic E-state index is 12.6. The van der Waals surface area contributed by atoms with Crippen molar-refractivity contribution in [2.24, 2.45) is 0 Å². The predicted molar refractivity (Wildman–Crippen MR) is 89.7 cm³/mol. The number of fused-ring (bicyclic) bond motifs is 1. The van der Waals surface area contributed by atoms with Gasteiger partial charge in [-0.15, -0.1) is 0 Å². The monoisotopic (exact) mass is 323 g/mol. The largest absolute Gasteiger partial charge is 0.478 e. The molecule has 0 saturated heterocycles. The van der Waals surface area contributed by atoms with E-state index in [-0.39, 0.29) is 22.1 Å². The Kier molecular flexibility index (Phi) is 3.52. The Morgan fingerprint density at radius 2 is 1.50 bits per heavy atom. The molecule has 0 saturated carbocycles. The number of hydrogen-bond acceptors (Lipinski definition) is 3. The molecule has 0 aliphatic carbocycles. The van der Waals surface area contributed by atoms with Crippen LogP contribution < -0.4 is 4.90 Å². The number of carboxylic acid groups (broad SMARTS) is 1. The van der Waals surface area contributed by atoms with Gasteiger partial charge in [0.25, 0.3) is 11.8 Å². The zero-order valence-electron chi connectivity index (χ0n) is 13.7. The first-order valence-electron chi connectivity index (χ1n) is 7.57. The van der Waals surface area contributed by atoms with Gasteiger partial charge in [0, 0.05) is 0 Å². The van der Waals surface area contributed by atoms with Gasteiger partial charge in [-0.25, -0.2) is 9.69 Å². The van der Waals surface area contributed by atoms with Crippen LogP contribution in [0.2, 0.25) is 0 Å². The van der Waals surface area contributed by atoms with E-state index < -0.39 is 17.8 Å². The summed E-state index contributed by atoms with van der Waals surface area (Å²) in [5.41, 5.74) is 1.88. The standard InChI is InChI=1S/C19H17NO4/c1-19(2,3)12-5-7-13(8-6-12)20-16(21)14-9-4-11(18(23)24)10-15(14)17(20)22/h4-10H,1-3H3,(H,23,24). The third-order valence-electron chi connectivity index (χ3n) is 4.13. The normalized spacial score (nSPS) is 14.0. The number of rotatable bonds is 2. The average Bonchev–Trinajstić information content (AvgIpc) is 2.77. The van der Waals surface area contributed by atoms with E-state index in [0.29, 0.717) is 5.69 Å². The van der Waals surface area contributed by atoms with Crippen LogP contribution in [-0.4, -0.2) is 22.9 Å². The number of benzene rings is 2. The quantitative estimate of drug-likeness (QED) is 0.859. The summed E-state index contributed by atoms with van der Waals surface area (Å²) in [4.78, 5) is 37.3. The first-order chi connectivity index (χ1) is 11.2. The van der Waals surface area contributed by atoms with Crippen molar-refractivity contribution >= 4 is 23.5 Å². The molecule has 2 aromatic carbocycles. The fourth-order valence-corrected chi connectivity index (χ4v) is 2.72. The van der Waals surface area contributed by atoms with E-state index in [1.807, 2.05) is 12.1 Å². The number of carboxylic acids is 1. The molecule has 3 rings (SSSR count). The average molecular weight is 323 g/mol. The molecule has 2 amide bonds. The minimum atomic E-state index is -1.13. The van der Waals surface area contributed by atoms with Crippen molar-refractivity contribution in [1.82, 2.24) is 0 Å². The maximum Gasteiger partial charge on any atom is 0.335 e. The van der Waals surface area contributed by atoms with E-state index in [0.717, 1.165) is 10.5 Å². The van der Waals surface area contributed by atoms with E-state index in [1.165, 1.54) is 18.2 Å². The van der Waals surface area contributed by atoms with Gasteiger partial charge in [0.2, 0.25) is 0 Å². The summed E-state index contributed by atoms with van der Waals surface area (Å²) in [5.74, 6) is -2.07. The molecule has 0 radical (unpaired) electrons. The van der Waals surface area contributed by atoms with Crippen molar-refractivity contribution in [2.75, 3.05) is 4.90 Å². The summed E-state index contributed by atoms with van der Waals surface area (Å²) in [6.07, 6.45) is 0. The smallest absolute Gasteiger partial charge is 0.335 e. The van der Waals surface area contributed by atoms with Crippen molar-refractivity contribution in [3.05, 3.63) is 64.7 Å². The van der Waals surface area contributed by atoms with Crippen LogP contribution in [0, 0.1) is 0 Å². The summed E-state index contributed by atoms with van der Waals surface area (Å²) in [6, 6.07) is 11.2. The minimum absolute atomic E-state index is 0.0140. The molecular weight excluding hydrogens is 306 g/mol. The van der Waals surface area contributed by atoms with Crippen molar-refractivity contribution in [1.29, 1.82) is 0 Å². The van der Waals surface area contributed by atoms with E-state index >= 15 is 0 Å². The highest BCUT2D eigenvalue weighted by molar-refractivity contribution is 6.34. The molecule has 0 unspecified atom stereocenters. The van der Waals surface area contributed by atoms with E-state index in [9.17, 15) is 14.4 Å². The van der Waals surface area contributed by atoms with Crippen molar-refractivity contribution < 1.29 is 19.5 Å². The molecule has 2 aromatic rings. The van der Waals surface area contributed by atoms with E-state index in [1.54, 1.807) is 12.1 Å². The summed E-state index contributed by atoms with van der Waals surface area (Å²) in [5, 5.41) is 9.05. The molecule has 1 aliphatic rings. The zero-order valence-corrected chi connectivity index (χ0v) is 13.7. The second-order valence-electron chi connectivity index (χ2n) is 6.81. The van der Waals surface area contributed by atoms with Crippen molar-refractivity contribution in [2.45, 2.75) is 26.2 Å². The molecule has 1 N–H and O–H groups in total. The van der Waals surface area contributed by atoms with Crippen LogP contribution in [0.5, 0.6) is 0 Å². The maximum atomic E-state index is 12.6. The lowest BCUT2D eigenvalue weighted by Gasteiger charge is -2.20. The van der Waals surface area contributed by atoms with Gasteiger partial charge in [-0.1, -0.05) is 32.9 Å². The molecule has 24 heavy (non-hydrogen) atoms. The fourth-order valence-electron chi connectivity index (χ4n) is 2.72. The number of amides is 2. The van der Waals surface area contributed by atoms with Crippen LogP contribution in [0.3, 0.4) is 0 Å². The number of aromatic carboxylic acids is 1. The Morgan fingerprint density at radius 1 is 0.917 bits per heavy atom. The lowest BCUT2D eigenvalue weighted by Crippen LogP contribution is -2.29. The molecule has 0 spiro atoms. The number of anilines is 1. The van der Waals surface area contributed by atoms with Crippen molar-refractivity contribution in [3.63, 3.8) is 0 Å². The van der Waals surface area contributed by atoms with Crippen LogP contribution in [0.1, 0.15) is 57.4 Å². The number of carbonyl (C=O) groups is 3. The van der Waals surface area contributed by atoms with Gasteiger partial charge in [-0.2, -0.15) is 0 Å². The van der Waals surface area contributed by atoms with Crippen LogP contribution >= 0.6 is 0 Å². The number of imide groups is 1. The van der Waals surface area contributed by atoms with Gasteiger partial charge < -0.3 is 5.11 Å². The number of carbonyl (C=O) groups excluding carboxylic acids is 2. The molecular formula is C19H17NO4. The van der Waals surface area contributed by atoms with Gasteiger partial charge in [-0.3, -0.25) is 9.59 Å². The Labute approximate surface area is 139 Å². The molecule has 0 atom stereocenters. The third-order valence-corrected chi connectivity index (χ3v) is 4.13. The molecule has 5 heteroatoms. The third kappa shape index (κ3) is 2.48. The van der Waals surface area contributed by atoms with E-state index in [2.05, 4.69) is 20.8 Å². The first kappa shape index (κ1) is 15.9.